The molecule has 0 aliphatic carbocycles. The maximum absolute atomic E-state index is 13.3. The van der Waals surface area contributed by atoms with Gasteiger partial charge in [0.05, 0.1) is 23.8 Å². The number of ether oxygens (including phenoxy) is 1. The van der Waals surface area contributed by atoms with Gasteiger partial charge in [0.1, 0.15) is 5.82 Å². The van der Waals surface area contributed by atoms with Crippen LogP contribution in [0.2, 0.25) is 0 Å². The van der Waals surface area contributed by atoms with Crippen molar-refractivity contribution in [1.82, 2.24) is 0 Å². The number of Topliss-reactive ketones (excluding diaryl/α,β-unsaturated/α-hetero) is 1. The molecule has 0 spiro atoms. The molecule has 5 nitrogen and oxygen atoms in total. The van der Waals surface area contributed by atoms with Crippen molar-refractivity contribution >= 4 is 23.3 Å². The zero-order chi connectivity index (χ0) is 15.1. The molecule has 0 atom stereocenters. The largest absolute Gasteiger partial charge is 0.469 e. The van der Waals surface area contributed by atoms with E-state index in [0.29, 0.717) is 0 Å². The number of carbonyl (C=O) groups is 3. The van der Waals surface area contributed by atoms with E-state index in [9.17, 15) is 18.8 Å². The number of nitrogens with zero attached hydrogens (tertiary/aromatic N) is 1. The zero-order valence-electron chi connectivity index (χ0n) is 11.4. The van der Waals surface area contributed by atoms with Gasteiger partial charge in [-0.05, 0) is 32.0 Å². The van der Waals surface area contributed by atoms with Gasteiger partial charge in [0.15, 0.2) is 0 Å². The summed E-state index contributed by atoms with van der Waals surface area (Å²) in [6, 6.07) is 3.51. The van der Waals surface area contributed by atoms with Crippen LogP contribution in [0, 0.1) is 11.2 Å². The molecule has 20 heavy (non-hydrogen) atoms. The molecule has 106 valence electrons. The lowest BCUT2D eigenvalue weighted by atomic mass is 9.93. The molecular weight excluding hydrogens is 265 g/mol. The van der Waals surface area contributed by atoms with E-state index in [1.165, 1.54) is 13.2 Å². The van der Waals surface area contributed by atoms with Crippen LogP contribution >= 0.6 is 0 Å². The van der Waals surface area contributed by atoms with Crippen molar-refractivity contribution in [3.63, 3.8) is 0 Å². The van der Waals surface area contributed by atoms with Gasteiger partial charge in [-0.1, -0.05) is 0 Å². The van der Waals surface area contributed by atoms with Crippen molar-refractivity contribution in [2.45, 2.75) is 13.8 Å². The van der Waals surface area contributed by atoms with Crippen molar-refractivity contribution in [2.75, 3.05) is 18.6 Å². The molecule has 1 heterocycles. The number of hydrogen-bond donors (Lipinski definition) is 0. The fourth-order valence-corrected chi connectivity index (χ4v) is 2.16. The van der Waals surface area contributed by atoms with Gasteiger partial charge >= 0.3 is 5.97 Å². The fourth-order valence-electron chi connectivity index (χ4n) is 2.16. The summed E-state index contributed by atoms with van der Waals surface area (Å²) in [6.45, 7) is 3.13. The molecular formula is C14H14FNO4. The number of anilines is 1. The summed E-state index contributed by atoms with van der Waals surface area (Å²) < 4.78 is 18.0. The first-order chi connectivity index (χ1) is 9.27. The summed E-state index contributed by atoms with van der Waals surface area (Å²) in [5, 5.41) is 0. The highest BCUT2D eigenvalue weighted by atomic mass is 19.1. The van der Waals surface area contributed by atoms with Crippen LogP contribution in [-0.2, 0) is 14.3 Å². The van der Waals surface area contributed by atoms with E-state index in [4.69, 9.17) is 0 Å². The van der Waals surface area contributed by atoms with E-state index < -0.39 is 28.9 Å². The average molecular weight is 279 g/mol. The highest BCUT2D eigenvalue weighted by Crippen LogP contribution is 2.32. The lowest BCUT2D eigenvalue weighted by molar-refractivity contribution is -0.150. The smallest absolute Gasteiger partial charge is 0.313 e. The highest BCUT2D eigenvalue weighted by Gasteiger charge is 2.41. The summed E-state index contributed by atoms with van der Waals surface area (Å²) in [7, 11) is 1.24. The standard InChI is InChI=1S/C14H14FNO4/c1-14(2,13(19)20-3)7-16-10-6-8(15)4-5-9(10)11(17)12(16)18/h4-6H,7H2,1-3H3. The van der Waals surface area contributed by atoms with Gasteiger partial charge in [-0.15, -0.1) is 0 Å². The lowest BCUT2D eigenvalue weighted by Crippen LogP contribution is -2.42. The third-order valence-electron chi connectivity index (χ3n) is 3.23. The maximum Gasteiger partial charge on any atom is 0.313 e. The van der Waals surface area contributed by atoms with Crippen LogP contribution in [-0.4, -0.2) is 31.3 Å². The number of ketones is 1. The summed E-state index contributed by atoms with van der Waals surface area (Å²) in [6.07, 6.45) is 0. The Kier molecular flexibility index (Phi) is 3.33. The van der Waals surface area contributed by atoms with Gasteiger partial charge in [-0.3, -0.25) is 14.4 Å². The van der Waals surface area contributed by atoms with Gasteiger partial charge in [0.2, 0.25) is 0 Å². The first-order valence-corrected chi connectivity index (χ1v) is 6.02. The molecule has 0 bridgehead atoms. The van der Waals surface area contributed by atoms with Gasteiger partial charge in [-0.25, -0.2) is 4.39 Å². The molecule has 1 aromatic rings. The zero-order valence-corrected chi connectivity index (χ0v) is 11.4. The Hall–Kier alpha value is -2.24. The lowest BCUT2D eigenvalue weighted by Gasteiger charge is -2.27. The van der Waals surface area contributed by atoms with Crippen LogP contribution in [0.25, 0.3) is 0 Å². The van der Waals surface area contributed by atoms with Gasteiger partial charge in [0, 0.05) is 6.54 Å². The Morgan fingerprint density at radius 2 is 2.00 bits per heavy atom. The molecule has 1 aliphatic heterocycles. The summed E-state index contributed by atoms with van der Waals surface area (Å²) in [5.41, 5.74) is -0.660. The fraction of sp³-hybridized carbons (Fsp3) is 0.357. The van der Waals surface area contributed by atoms with E-state index in [1.54, 1.807) is 13.8 Å². The Balaban J connectivity index is 2.39. The second-order valence-electron chi connectivity index (χ2n) is 5.26. The second-order valence-corrected chi connectivity index (χ2v) is 5.26. The minimum absolute atomic E-state index is 0.0549. The highest BCUT2D eigenvalue weighted by molar-refractivity contribution is 6.52. The SMILES string of the molecule is COC(=O)C(C)(C)CN1C(=O)C(=O)c2ccc(F)cc21. The molecule has 0 radical (unpaired) electrons. The minimum Gasteiger partial charge on any atom is -0.469 e. The van der Waals surface area contributed by atoms with Gasteiger partial charge in [0.25, 0.3) is 11.7 Å². The monoisotopic (exact) mass is 279 g/mol. The normalized spacial score (nSPS) is 14.5. The first-order valence-electron chi connectivity index (χ1n) is 6.02. The second kappa shape index (κ2) is 4.70. The molecule has 0 aromatic heterocycles. The van der Waals surface area contributed by atoms with Crippen molar-refractivity contribution in [3.8, 4) is 0 Å². The predicted octanol–water partition coefficient (Wildman–Crippen LogP) is 1.55. The van der Waals surface area contributed by atoms with Crippen LogP contribution in [0.5, 0.6) is 0 Å². The molecule has 0 unspecified atom stereocenters. The molecule has 0 saturated carbocycles. The number of hydrogen-bond acceptors (Lipinski definition) is 4. The molecule has 0 fully saturated rings. The number of halogens is 1. The van der Waals surface area contributed by atoms with Gasteiger partial charge in [-0.2, -0.15) is 0 Å². The Morgan fingerprint density at radius 3 is 2.60 bits per heavy atom. The topological polar surface area (TPSA) is 63.7 Å². The summed E-state index contributed by atoms with van der Waals surface area (Å²) >= 11 is 0. The Morgan fingerprint density at radius 1 is 1.35 bits per heavy atom. The third-order valence-corrected chi connectivity index (χ3v) is 3.23. The minimum atomic E-state index is -1.00. The average Bonchev–Trinajstić information content (AvgIpc) is 2.62. The van der Waals surface area contributed by atoms with Gasteiger partial charge < -0.3 is 9.64 Å². The Labute approximate surface area is 115 Å². The van der Waals surface area contributed by atoms with E-state index >= 15 is 0 Å². The van der Waals surface area contributed by atoms with Crippen LogP contribution in [0.3, 0.4) is 0 Å². The summed E-state index contributed by atoms with van der Waals surface area (Å²) in [4.78, 5) is 36.6. The number of methoxy groups -OCH3 is 1. The molecule has 0 N–H and O–H groups in total. The van der Waals surface area contributed by atoms with Crippen molar-refractivity contribution in [3.05, 3.63) is 29.6 Å². The number of amides is 1. The molecule has 1 aromatic carbocycles. The summed E-state index contributed by atoms with van der Waals surface area (Å²) in [5.74, 6) is -2.52. The van der Waals surface area contributed by atoms with E-state index in [2.05, 4.69) is 4.74 Å². The number of fused-ring (bicyclic) bond motifs is 1. The van der Waals surface area contributed by atoms with Crippen LogP contribution in [0.15, 0.2) is 18.2 Å². The van der Waals surface area contributed by atoms with Crippen LogP contribution < -0.4 is 4.90 Å². The van der Waals surface area contributed by atoms with Crippen LogP contribution in [0.4, 0.5) is 10.1 Å². The first kappa shape index (κ1) is 14.2. The molecule has 6 heteroatoms. The third kappa shape index (κ3) is 2.17. The van der Waals surface area contributed by atoms with Crippen molar-refractivity contribution in [2.24, 2.45) is 5.41 Å². The molecule has 1 aliphatic rings. The molecule has 1 amide bonds. The van der Waals surface area contributed by atoms with Crippen molar-refractivity contribution in [1.29, 1.82) is 0 Å². The molecule has 0 saturated heterocycles. The molecule has 2 rings (SSSR count). The number of esters is 1. The quantitative estimate of drug-likeness (QED) is 0.622. The predicted molar refractivity (Wildman–Crippen MR) is 68.9 cm³/mol. The maximum atomic E-state index is 13.3. The van der Waals surface area contributed by atoms with Crippen molar-refractivity contribution < 1.29 is 23.5 Å². The van der Waals surface area contributed by atoms with E-state index in [0.717, 1.165) is 17.0 Å². The van der Waals surface area contributed by atoms with Crippen LogP contribution in [0.1, 0.15) is 24.2 Å². The number of rotatable bonds is 3. The van der Waals surface area contributed by atoms with E-state index in [-0.39, 0.29) is 17.8 Å². The Bertz CT molecular complexity index is 609. The number of benzene rings is 1. The van der Waals surface area contributed by atoms with E-state index in [1.807, 2.05) is 0 Å². The number of carbonyl (C=O) groups excluding carboxylic acids is 3.